The highest BCUT2D eigenvalue weighted by Gasteiger charge is 2.11. The molecule has 0 spiro atoms. The van der Waals surface area contributed by atoms with Gasteiger partial charge in [0.25, 0.3) is 0 Å². The first kappa shape index (κ1) is 19.3. The van der Waals surface area contributed by atoms with Gasteiger partial charge in [0.2, 0.25) is 5.88 Å². The molecule has 0 aliphatic rings. The van der Waals surface area contributed by atoms with Crippen molar-refractivity contribution in [2.45, 2.75) is 33.4 Å². The number of ether oxygens (including phenoxy) is 2. The number of halogens is 2. The van der Waals surface area contributed by atoms with Gasteiger partial charge in [-0.25, -0.2) is 4.79 Å². The third-order valence-corrected chi connectivity index (χ3v) is 3.74. The van der Waals surface area contributed by atoms with E-state index in [2.05, 4.69) is 5.10 Å². The molecule has 2 aromatic rings. The number of nitrogens with zero attached hydrogens (tertiary/aromatic N) is 2. The summed E-state index contributed by atoms with van der Waals surface area (Å²) in [6.07, 6.45) is 2.99. The van der Waals surface area contributed by atoms with E-state index in [9.17, 15) is 4.79 Å². The Morgan fingerprint density at radius 1 is 1.32 bits per heavy atom. The third kappa shape index (κ3) is 5.80. The van der Waals surface area contributed by atoms with Crippen molar-refractivity contribution >= 4 is 35.2 Å². The summed E-state index contributed by atoms with van der Waals surface area (Å²) in [6.45, 7) is 6.34. The van der Waals surface area contributed by atoms with Crippen LogP contribution in [0.15, 0.2) is 30.3 Å². The maximum Gasteiger partial charge on any atom is 0.330 e. The van der Waals surface area contributed by atoms with Gasteiger partial charge in [0.15, 0.2) is 0 Å². The van der Waals surface area contributed by atoms with Crippen LogP contribution in [-0.2, 0) is 16.1 Å². The average molecular weight is 383 g/mol. The predicted molar refractivity (Wildman–Crippen MR) is 99.2 cm³/mol. The Balaban J connectivity index is 2.30. The molecule has 0 saturated heterocycles. The molecule has 0 saturated carbocycles. The van der Waals surface area contributed by atoms with Crippen molar-refractivity contribution in [3.63, 3.8) is 0 Å². The monoisotopic (exact) mass is 382 g/mol. The van der Waals surface area contributed by atoms with Crippen molar-refractivity contribution in [2.24, 2.45) is 0 Å². The van der Waals surface area contributed by atoms with Crippen LogP contribution >= 0.6 is 23.2 Å². The summed E-state index contributed by atoms with van der Waals surface area (Å²) in [4.78, 5) is 11.6. The number of rotatable bonds is 7. The number of benzene rings is 1. The minimum absolute atomic E-state index is 0.00986. The van der Waals surface area contributed by atoms with Gasteiger partial charge in [0, 0.05) is 22.2 Å². The number of aromatic nitrogens is 2. The van der Waals surface area contributed by atoms with Crippen LogP contribution in [0.4, 0.5) is 0 Å². The molecule has 2 rings (SSSR count). The smallest absolute Gasteiger partial charge is 0.330 e. The standard InChI is InChI=1S/C18H20Cl2N2O3/c1-4-24-18(23)8-7-15-10-17(25-12(2)3)21-22(15)11-13-5-6-14(19)9-16(13)20/h5-10,12H,4,11H2,1-3H3. The largest absolute Gasteiger partial charge is 0.474 e. The van der Waals surface area contributed by atoms with Gasteiger partial charge in [-0.1, -0.05) is 29.3 Å². The highest BCUT2D eigenvalue weighted by molar-refractivity contribution is 6.35. The lowest BCUT2D eigenvalue weighted by Crippen LogP contribution is -2.08. The molecule has 25 heavy (non-hydrogen) atoms. The van der Waals surface area contributed by atoms with Crippen LogP contribution in [0.5, 0.6) is 5.88 Å². The molecule has 1 heterocycles. The Kier molecular flexibility index (Phi) is 6.91. The predicted octanol–water partition coefficient (Wildman–Crippen LogP) is 4.60. The quantitative estimate of drug-likeness (QED) is 0.518. The molecule has 0 aliphatic carbocycles. The molecule has 0 fully saturated rings. The zero-order chi connectivity index (χ0) is 18.4. The van der Waals surface area contributed by atoms with E-state index in [1.807, 2.05) is 19.9 Å². The fourth-order valence-corrected chi connectivity index (χ4v) is 2.59. The second-order valence-corrected chi connectivity index (χ2v) is 6.40. The van der Waals surface area contributed by atoms with E-state index in [1.54, 1.807) is 35.9 Å². The zero-order valence-corrected chi connectivity index (χ0v) is 15.8. The lowest BCUT2D eigenvalue weighted by molar-refractivity contribution is -0.137. The maximum atomic E-state index is 11.6. The van der Waals surface area contributed by atoms with Gasteiger partial charge < -0.3 is 9.47 Å². The minimum Gasteiger partial charge on any atom is -0.474 e. The van der Waals surface area contributed by atoms with E-state index >= 15 is 0 Å². The molecule has 5 nitrogen and oxygen atoms in total. The molecule has 0 aliphatic heterocycles. The van der Waals surface area contributed by atoms with Crippen molar-refractivity contribution in [3.05, 3.63) is 51.6 Å². The molecule has 0 bridgehead atoms. The summed E-state index contributed by atoms with van der Waals surface area (Å²) in [7, 11) is 0. The van der Waals surface area contributed by atoms with E-state index < -0.39 is 5.97 Å². The summed E-state index contributed by atoms with van der Waals surface area (Å²) >= 11 is 12.2. The first-order valence-electron chi connectivity index (χ1n) is 7.92. The minimum atomic E-state index is -0.411. The second-order valence-electron chi connectivity index (χ2n) is 5.55. The van der Waals surface area contributed by atoms with Crippen molar-refractivity contribution in [2.75, 3.05) is 6.61 Å². The molecule has 7 heteroatoms. The number of carbonyl (C=O) groups excluding carboxylic acids is 1. The Hall–Kier alpha value is -1.98. The Labute approximate surface area is 157 Å². The lowest BCUT2D eigenvalue weighted by atomic mass is 10.2. The lowest BCUT2D eigenvalue weighted by Gasteiger charge is -2.08. The molecule has 0 unspecified atom stereocenters. The number of hydrogen-bond donors (Lipinski definition) is 0. The molecule has 0 amide bonds. The van der Waals surface area contributed by atoms with Crippen LogP contribution in [0, 0.1) is 0 Å². The van der Waals surface area contributed by atoms with E-state index in [0.29, 0.717) is 34.8 Å². The first-order chi connectivity index (χ1) is 11.9. The molecule has 134 valence electrons. The van der Waals surface area contributed by atoms with Gasteiger partial charge >= 0.3 is 5.97 Å². The first-order valence-corrected chi connectivity index (χ1v) is 8.68. The van der Waals surface area contributed by atoms with Crippen LogP contribution in [-0.4, -0.2) is 28.5 Å². The molecule has 0 N–H and O–H groups in total. The third-order valence-electron chi connectivity index (χ3n) is 3.16. The Bertz CT molecular complexity index is 770. The van der Waals surface area contributed by atoms with Crippen LogP contribution in [0.1, 0.15) is 32.0 Å². The topological polar surface area (TPSA) is 53.4 Å². The fourth-order valence-electron chi connectivity index (χ4n) is 2.12. The van der Waals surface area contributed by atoms with Gasteiger partial charge in [-0.3, -0.25) is 4.68 Å². The van der Waals surface area contributed by atoms with Gasteiger partial charge in [0.05, 0.1) is 24.9 Å². The number of esters is 1. The van der Waals surface area contributed by atoms with E-state index in [4.69, 9.17) is 32.7 Å². The van der Waals surface area contributed by atoms with Gasteiger partial charge in [-0.05, 0) is 44.5 Å². The van der Waals surface area contributed by atoms with Crippen molar-refractivity contribution < 1.29 is 14.3 Å². The molecule has 1 aromatic heterocycles. The normalized spacial score (nSPS) is 11.3. The molecular formula is C18H20Cl2N2O3. The molecule has 1 aromatic carbocycles. The summed E-state index contributed by atoms with van der Waals surface area (Å²) in [6, 6.07) is 7.06. The highest BCUT2D eigenvalue weighted by atomic mass is 35.5. The summed E-state index contributed by atoms with van der Waals surface area (Å²) in [5.74, 6) is 0.0645. The number of hydrogen-bond acceptors (Lipinski definition) is 4. The summed E-state index contributed by atoms with van der Waals surface area (Å²) in [5, 5.41) is 5.55. The SMILES string of the molecule is CCOC(=O)C=Cc1cc(OC(C)C)nn1Cc1ccc(Cl)cc1Cl. The molecule has 0 radical (unpaired) electrons. The molecular weight excluding hydrogens is 363 g/mol. The fraction of sp³-hybridized carbons (Fsp3) is 0.333. The Morgan fingerprint density at radius 2 is 2.08 bits per heavy atom. The number of carbonyl (C=O) groups is 1. The van der Waals surface area contributed by atoms with E-state index in [0.717, 1.165) is 5.56 Å². The Morgan fingerprint density at radius 3 is 2.72 bits per heavy atom. The zero-order valence-electron chi connectivity index (χ0n) is 14.3. The van der Waals surface area contributed by atoms with Crippen molar-refractivity contribution in [1.29, 1.82) is 0 Å². The second kappa shape index (κ2) is 8.92. The van der Waals surface area contributed by atoms with Crippen LogP contribution < -0.4 is 4.74 Å². The summed E-state index contributed by atoms with van der Waals surface area (Å²) < 4.78 is 12.3. The summed E-state index contributed by atoms with van der Waals surface area (Å²) in [5.41, 5.74) is 1.56. The van der Waals surface area contributed by atoms with Crippen LogP contribution in [0.25, 0.3) is 6.08 Å². The molecule has 0 atom stereocenters. The van der Waals surface area contributed by atoms with Gasteiger partial charge in [0.1, 0.15) is 0 Å². The van der Waals surface area contributed by atoms with Crippen LogP contribution in [0.2, 0.25) is 10.0 Å². The van der Waals surface area contributed by atoms with Gasteiger partial charge in [-0.15, -0.1) is 5.10 Å². The van der Waals surface area contributed by atoms with E-state index in [-0.39, 0.29) is 6.10 Å². The van der Waals surface area contributed by atoms with Crippen molar-refractivity contribution in [1.82, 2.24) is 9.78 Å². The average Bonchev–Trinajstić information content (AvgIpc) is 2.89. The highest BCUT2D eigenvalue weighted by Crippen LogP contribution is 2.23. The van der Waals surface area contributed by atoms with Gasteiger partial charge in [-0.2, -0.15) is 0 Å². The maximum absolute atomic E-state index is 11.6. The van der Waals surface area contributed by atoms with Crippen LogP contribution in [0.3, 0.4) is 0 Å². The van der Waals surface area contributed by atoms with E-state index in [1.165, 1.54) is 6.08 Å². The van der Waals surface area contributed by atoms with Crippen molar-refractivity contribution in [3.8, 4) is 5.88 Å².